The third kappa shape index (κ3) is 3.39. The van der Waals surface area contributed by atoms with E-state index in [1.165, 1.54) is 28.9 Å². The molecule has 3 aromatic rings. The minimum absolute atomic E-state index is 0.154. The Bertz CT molecular complexity index is 901. The third-order valence-electron chi connectivity index (χ3n) is 3.45. The lowest BCUT2D eigenvalue weighted by Gasteiger charge is -2.11. The normalized spacial score (nSPS) is 10.6. The zero-order valence-electron chi connectivity index (χ0n) is 13.4. The van der Waals surface area contributed by atoms with Crippen molar-refractivity contribution < 1.29 is 9.90 Å². The third-order valence-corrected chi connectivity index (χ3v) is 5.23. The second-order valence-electron chi connectivity index (χ2n) is 5.30. The first-order valence-electron chi connectivity index (χ1n) is 7.19. The minimum atomic E-state index is -0.257. The van der Waals surface area contributed by atoms with Gasteiger partial charge in [-0.3, -0.25) is 4.79 Å². The van der Waals surface area contributed by atoms with Crippen LogP contribution in [0.3, 0.4) is 0 Å². The van der Waals surface area contributed by atoms with Gasteiger partial charge in [0.1, 0.15) is 10.6 Å². The van der Waals surface area contributed by atoms with Gasteiger partial charge in [0.2, 0.25) is 0 Å². The number of benzene rings is 1. The summed E-state index contributed by atoms with van der Waals surface area (Å²) in [7, 11) is 0. The highest BCUT2D eigenvalue weighted by molar-refractivity contribution is 7.18. The van der Waals surface area contributed by atoms with Crippen molar-refractivity contribution in [1.82, 2.24) is 9.97 Å². The Balaban J connectivity index is 1.76. The molecule has 0 saturated heterocycles. The SMILES string of the molecule is Cc1csc(Nc2ncc(C(=O)Nc3c(C)ccc(O)c3C)s2)n1. The first-order chi connectivity index (χ1) is 11.4. The standard InChI is InChI=1S/C16H16N4O2S2/c1-8-4-5-11(21)10(3)13(8)19-14(22)12-6-17-15(24-12)20-16-18-9(2)7-23-16/h4-7,21H,1-3H3,(H,19,22)(H,17,18,20). The number of hydrogen-bond donors (Lipinski definition) is 3. The molecule has 0 fully saturated rings. The van der Waals surface area contributed by atoms with Crippen LogP contribution in [0.5, 0.6) is 5.75 Å². The van der Waals surface area contributed by atoms with Crippen LogP contribution in [0.15, 0.2) is 23.7 Å². The van der Waals surface area contributed by atoms with Crippen LogP contribution in [-0.4, -0.2) is 21.0 Å². The number of carbonyl (C=O) groups excluding carboxylic acids is 1. The molecule has 0 spiro atoms. The first-order valence-corrected chi connectivity index (χ1v) is 8.89. The molecule has 2 aromatic heterocycles. The monoisotopic (exact) mass is 360 g/mol. The molecule has 6 nitrogen and oxygen atoms in total. The molecular weight excluding hydrogens is 344 g/mol. The zero-order chi connectivity index (χ0) is 17.3. The number of aromatic nitrogens is 2. The molecule has 1 aromatic carbocycles. The van der Waals surface area contributed by atoms with Crippen molar-refractivity contribution in [3.8, 4) is 5.75 Å². The second kappa shape index (κ2) is 6.58. The number of hydrogen-bond acceptors (Lipinski definition) is 7. The topological polar surface area (TPSA) is 87.1 Å². The molecule has 0 atom stereocenters. The van der Waals surface area contributed by atoms with Crippen molar-refractivity contribution in [3.05, 3.63) is 45.4 Å². The van der Waals surface area contributed by atoms with Crippen molar-refractivity contribution in [2.75, 3.05) is 10.6 Å². The summed E-state index contributed by atoms with van der Waals surface area (Å²) in [5.41, 5.74) is 3.09. The summed E-state index contributed by atoms with van der Waals surface area (Å²) in [4.78, 5) is 21.4. The number of rotatable bonds is 4. The summed E-state index contributed by atoms with van der Waals surface area (Å²) < 4.78 is 0. The number of aryl methyl sites for hydroxylation is 2. The molecule has 24 heavy (non-hydrogen) atoms. The summed E-state index contributed by atoms with van der Waals surface area (Å²) in [6.45, 7) is 5.57. The van der Waals surface area contributed by atoms with Crippen LogP contribution in [0.4, 0.5) is 16.0 Å². The van der Waals surface area contributed by atoms with E-state index in [-0.39, 0.29) is 11.7 Å². The maximum Gasteiger partial charge on any atom is 0.267 e. The fraction of sp³-hybridized carbons (Fsp3) is 0.188. The van der Waals surface area contributed by atoms with Crippen molar-refractivity contribution >= 4 is 44.5 Å². The summed E-state index contributed by atoms with van der Waals surface area (Å²) in [6.07, 6.45) is 1.52. The van der Waals surface area contributed by atoms with Crippen LogP contribution in [0.25, 0.3) is 0 Å². The number of nitrogens with one attached hydrogen (secondary N) is 2. The van der Waals surface area contributed by atoms with E-state index in [0.717, 1.165) is 16.4 Å². The lowest BCUT2D eigenvalue weighted by Crippen LogP contribution is -2.12. The number of carbonyl (C=O) groups is 1. The summed E-state index contributed by atoms with van der Waals surface area (Å²) in [6, 6.07) is 3.38. The molecule has 0 radical (unpaired) electrons. The highest BCUT2D eigenvalue weighted by Crippen LogP contribution is 2.30. The van der Waals surface area contributed by atoms with Gasteiger partial charge in [0.05, 0.1) is 17.6 Å². The van der Waals surface area contributed by atoms with Gasteiger partial charge in [0.25, 0.3) is 5.91 Å². The summed E-state index contributed by atoms with van der Waals surface area (Å²) in [5.74, 6) is -0.102. The molecule has 0 saturated carbocycles. The Hall–Kier alpha value is -2.45. The van der Waals surface area contributed by atoms with Crippen LogP contribution in [-0.2, 0) is 0 Å². The number of aromatic hydroxyl groups is 1. The molecule has 2 heterocycles. The number of anilines is 3. The molecule has 0 unspecified atom stereocenters. The van der Waals surface area contributed by atoms with Gasteiger partial charge < -0.3 is 15.7 Å². The van der Waals surface area contributed by atoms with Gasteiger partial charge in [-0.1, -0.05) is 17.4 Å². The van der Waals surface area contributed by atoms with E-state index >= 15 is 0 Å². The van der Waals surface area contributed by atoms with Crippen molar-refractivity contribution in [2.24, 2.45) is 0 Å². The first kappa shape index (κ1) is 16.4. The van der Waals surface area contributed by atoms with Gasteiger partial charge in [-0.2, -0.15) is 0 Å². The lowest BCUT2D eigenvalue weighted by molar-refractivity contribution is 0.103. The fourth-order valence-corrected chi connectivity index (χ4v) is 3.61. The molecule has 1 amide bonds. The van der Waals surface area contributed by atoms with Gasteiger partial charge in [0.15, 0.2) is 10.3 Å². The van der Waals surface area contributed by atoms with Gasteiger partial charge >= 0.3 is 0 Å². The van der Waals surface area contributed by atoms with Gasteiger partial charge in [0, 0.05) is 10.9 Å². The van der Waals surface area contributed by atoms with Gasteiger partial charge in [-0.15, -0.1) is 11.3 Å². The summed E-state index contributed by atoms with van der Waals surface area (Å²) in [5, 5.41) is 19.0. The molecule has 3 N–H and O–H groups in total. The number of phenolic OH excluding ortho intramolecular Hbond substituents is 1. The van der Waals surface area contributed by atoms with E-state index < -0.39 is 0 Å². The molecule has 8 heteroatoms. The van der Waals surface area contributed by atoms with E-state index in [1.54, 1.807) is 19.1 Å². The Morgan fingerprint density at radius 3 is 2.71 bits per heavy atom. The number of nitrogens with zero attached hydrogens (tertiary/aromatic N) is 2. The quantitative estimate of drug-likeness (QED) is 0.648. The number of amides is 1. The number of thiazole rings is 2. The molecular formula is C16H16N4O2S2. The smallest absolute Gasteiger partial charge is 0.267 e. The predicted molar refractivity (Wildman–Crippen MR) is 97.8 cm³/mol. The van der Waals surface area contributed by atoms with Crippen molar-refractivity contribution in [3.63, 3.8) is 0 Å². The Morgan fingerprint density at radius 2 is 2.00 bits per heavy atom. The van der Waals surface area contributed by atoms with Gasteiger partial charge in [-0.05, 0) is 32.4 Å². The molecule has 3 rings (SSSR count). The van der Waals surface area contributed by atoms with E-state index in [1.807, 2.05) is 19.2 Å². The highest BCUT2D eigenvalue weighted by Gasteiger charge is 2.15. The minimum Gasteiger partial charge on any atom is -0.508 e. The lowest BCUT2D eigenvalue weighted by atomic mass is 10.1. The van der Waals surface area contributed by atoms with E-state index in [0.29, 0.717) is 21.3 Å². The molecule has 124 valence electrons. The number of phenols is 1. The second-order valence-corrected chi connectivity index (χ2v) is 7.19. The van der Waals surface area contributed by atoms with Crippen LogP contribution in [0.1, 0.15) is 26.5 Å². The molecule has 0 aliphatic carbocycles. The average Bonchev–Trinajstić information content (AvgIpc) is 3.17. The van der Waals surface area contributed by atoms with E-state index in [4.69, 9.17) is 0 Å². The predicted octanol–water partition coefficient (Wildman–Crippen LogP) is 4.23. The summed E-state index contributed by atoms with van der Waals surface area (Å²) >= 11 is 2.74. The maximum atomic E-state index is 12.4. The fourth-order valence-electron chi connectivity index (χ4n) is 2.14. The maximum absolute atomic E-state index is 12.4. The van der Waals surface area contributed by atoms with Crippen LogP contribution >= 0.6 is 22.7 Å². The van der Waals surface area contributed by atoms with Crippen molar-refractivity contribution in [2.45, 2.75) is 20.8 Å². The largest absolute Gasteiger partial charge is 0.508 e. The van der Waals surface area contributed by atoms with E-state index in [2.05, 4.69) is 20.6 Å². The van der Waals surface area contributed by atoms with Gasteiger partial charge in [-0.25, -0.2) is 9.97 Å². The molecule has 0 bridgehead atoms. The zero-order valence-corrected chi connectivity index (χ0v) is 15.0. The van der Waals surface area contributed by atoms with Crippen molar-refractivity contribution in [1.29, 1.82) is 0 Å². The Kier molecular flexibility index (Phi) is 4.50. The van der Waals surface area contributed by atoms with Crippen LogP contribution in [0.2, 0.25) is 0 Å². The Morgan fingerprint density at radius 1 is 1.21 bits per heavy atom. The average molecular weight is 360 g/mol. The van der Waals surface area contributed by atoms with E-state index in [9.17, 15) is 9.90 Å². The van der Waals surface area contributed by atoms with Crippen LogP contribution < -0.4 is 10.6 Å². The Labute approximate surface area is 147 Å². The molecule has 0 aliphatic rings. The van der Waals surface area contributed by atoms with Crippen LogP contribution in [0, 0.1) is 20.8 Å². The molecule has 0 aliphatic heterocycles. The highest BCUT2D eigenvalue weighted by atomic mass is 32.1.